The van der Waals surface area contributed by atoms with Gasteiger partial charge in [0.2, 0.25) is 0 Å². The lowest BCUT2D eigenvalue weighted by molar-refractivity contribution is -0.141. The van der Waals surface area contributed by atoms with Gasteiger partial charge in [-0.15, -0.1) is 0 Å². The number of benzene rings is 1. The monoisotopic (exact) mass is 296 g/mol. The Morgan fingerprint density at radius 1 is 1.27 bits per heavy atom. The SMILES string of the molecule is CCC(C(=O)O)n1c(-c2ccc(C)cc2)ccc(C#N)c1=O. The molecule has 1 unspecified atom stereocenters. The molecule has 0 saturated carbocycles. The molecular weight excluding hydrogens is 280 g/mol. The van der Waals surface area contributed by atoms with Crippen LogP contribution in [0.2, 0.25) is 0 Å². The minimum atomic E-state index is -1.09. The summed E-state index contributed by atoms with van der Waals surface area (Å²) in [6.07, 6.45) is 0.253. The fraction of sp³-hybridized carbons (Fsp3) is 0.235. The van der Waals surface area contributed by atoms with Crippen LogP contribution >= 0.6 is 0 Å². The van der Waals surface area contributed by atoms with E-state index < -0.39 is 17.6 Å². The van der Waals surface area contributed by atoms with Gasteiger partial charge in [0.15, 0.2) is 0 Å². The highest BCUT2D eigenvalue weighted by Gasteiger charge is 2.23. The van der Waals surface area contributed by atoms with Crippen LogP contribution < -0.4 is 5.56 Å². The van der Waals surface area contributed by atoms with E-state index in [4.69, 9.17) is 5.26 Å². The molecule has 1 N–H and O–H groups in total. The third-order valence-corrected chi connectivity index (χ3v) is 3.57. The number of nitrogens with zero attached hydrogens (tertiary/aromatic N) is 2. The van der Waals surface area contributed by atoms with Gasteiger partial charge in [-0.05, 0) is 31.0 Å². The minimum Gasteiger partial charge on any atom is -0.480 e. The van der Waals surface area contributed by atoms with Crippen molar-refractivity contribution in [1.29, 1.82) is 5.26 Å². The Balaban J connectivity index is 2.77. The van der Waals surface area contributed by atoms with Gasteiger partial charge in [0, 0.05) is 0 Å². The first-order valence-electron chi connectivity index (χ1n) is 6.95. The molecule has 1 aromatic carbocycles. The fourth-order valence-electron chi connectivity index (χ4n) is 2.37. The first-order valence-corrected chi connectivity index (χ1v) is 6.95. The Labute approximate surface area is 128 Å². The maximum atomic E-state index is 12.4. The Morgan fingerprint density at radius 2 is 1.91 bits per heavy atom. The normalized spacial score (nSPS) is 11.7. The van der Waals surface area contributed by atoms with E-state index in [0.717, 1.165) is 11.1 Å². The van der Waals surface area contributed by atoms with Crippen LogP contribution in [0.25, 0.3) is 11.3 Å². The molecule has 2 rings (SSSR count). The topological polar surface area (TPSA) is 83.1 Å². The van der Waals surface area contributed by atoms with E-state index >= 15 is 0 Å². The van der Waals surface area contributed by atoms with Crippen molar-refractivity contribution in [2.75, 3.05) is 0 Å². The van der Waals surface area contributed by atoms with Gasteiger partial charge >= 0.3 is 5.97 Å². The van der Waals surface area contributed by atoms with E-state index in [-0.39, 0.29) is 12.0 Å². The van der Waals surface area contributed by atoms with Gasteiger partial charge in [0.1, 0.15) is 17.7 Å². The average Bonchev–Trinajstić information content (AvgIpc) is 2.50. The van der Waals surface area contributed by atoms with Crippen molar-refractivity contribution < 1.29 is 9.90 Å². The summed E-state index contributed by atoms with van der Waals surface area (Å²) in [6.45, 7) is 3.64. The summed E-state index contributed by atoms with van der Waals surface area (Å²) >= 11 is 0. The highest BCUT2D eigenvalue weighted by Crippen LogP contribution is 2.23. The predicted octanol–water partition coefficient (Wildman–Crippen LogP) is 2.73. The Hall–Kier alpha value is -2.87. The van der Waals surface area contributed by atoms with E-state index in [1.165, 1.54) is 10.6 Å². The number of aryl methyl sites for hydroxylation is 1. The predicted molar refractivity (Wildman–Crippen MR) is 82.6 cm³/mol. The average molecular weight is 296 g/mol. The van der Waals surface area contributed by atoms with E-state index in [2.05, 4.69) is 0 Å². The van der Waals surface area contributed by atoms with Crippen molar-refractivity contribution in [2.24, 2.45) is 0 Å². The van der Waals surface area contributed by atoms with Crippen LogP contribution in [0.5, 0.6) is 0 Å². The fourth-order valence-corrected chi connectivity index (χ4v) is 2.37. The van der Waals surface area contributed by atoms with Gasteiger partial charge in [0.05, 0.1) is 5.69 Å². The lowest BCUT2D eigenvalue weighted by Gasteiger charge is -2.19. The lowest BCUT2D eigenvalue weighted by atomic mass is 10.1. The van der Waals surface area contributed by atoms with Crippen molar-refractivity contribution in [3.63, 3.8) is 0 Å². The molecule has 22 heavy (non-hydrogen) atoms. The standard InChI is InChI=1S/C17H16N2O3/c1-3-14(17(21)22)19-15(9-8-13(10-18)16(19)20)12-6-4-11(2)5-7-12/h4-9,14H,3H2,1-2H3,(H,21,22). The van der Waals surface area contributed by atoms with E-state index in [0.29, 0.717) is 5.69 Å². The van der Waals surface area contributed by atoms with E-state index in [9.17, 15) is 14.7 Å². The number of hydrogen-bond acceptors (Lipinski definition) is 3. The molecule has 0 radical (unpaired) electrons. The molecule has 0 fully saturated rings. The van der Waals surface area contributed by atoms with Crippen LogP contribution in [-0.2, 0) is 4.79 Å². The van der Waals surface area contributed by atoms with E-state index in [1.807, 2.05) is 37.3 Å². The third kappa shape index (κ3) is 2.77. The minimum absolute atomic E-state index is 0.0597. The Kier molecular flexibility index (Phi) is 4.42. The van der Waals surface area contributed by atoms with Gasteiger partial charge in [0.25, 0.3) is 5.56 Å². The summed E-state index contributed by atoms with van der Waals surface area (Å²) in [5, 5.41) is 18.4. The second kappa shape index (κ2) is 6.27. The van der Waals surface area contributed by atoms with Crippen molar-refractivity contribution in [1.82, 2.24) is 4.57 Å². The first-order chi connectivity index (χ1) is 10.5. The van der Waals surface area contributed by atoms with Crippen LogP contribution in [-0.4, -0.2) is 15.6 Å². The summed E-state index contributed by atoms with van der Waals surface area (Å²) in [7, 11) is 0. The first kappa shape index (κ1) is 15.5. The summed E-state index contributed by atoms with van der Waals surface area (Å²) in [5.41, 5.74) is 1.67. The molecule has 0 bridgehead atoms. The number of carboxylic acid groups (broad SMARTS) is 1. The molecule has 0 aliphatic carbocycles. The number of pyridine rings is 1. The second-order valence-corrected chi connectivity index (χ2v) is 5.05. The molecule has 1 aromatic heterocycles. The zero-order valence-corrected chi connectivity index (χ0v) is 12.4. The number of hydrogen-bond donors (Lipinski definition) is 1. The van der Waals surface area contributed by atoms with Gasteiger partial charge in [-0.25, -0.2) is 4.79 Å². The number of carbonyl (C=O) groups is 1. The van der Waals surface area contributed by atoms with Crippen LogP contribution in [0, 0.1) is 18.3 Å². The number of aromatic nitrogens is 1. The zero-order valence-electron chi connectivity index (χ0n) is 12.4. The smallest absolute Gasteiger partial charge is 0.326 e. The van der Waals surface area contributed by atoms with Gasteiger partial charge in [-0.1, -0.05) is 36.8 Å². The van der Waals surface area contributed by atoms with Crippen LogP contribution in [0.4, 0.5) is 0 Å². The maximum absolute atomic E-state index is 12.4. The molecule has 2 aromatic rings. The molecule has 0 amide bonds. The molecule has 0 spiro atoms. The molecule has 112 valence electrons. The van der Waals surface area contributed by atoms with E-state index in [1.54, 1.807) is 13.0 Å². The molecular formula is C17H16N2O3. The molecule has 1 heterocycles. The number of nitriles is 1. The van der Waals surface area contributed by atoms with Gasteiger partial charge in [-0.2, -0.15) is 5.26 Å². The van der Waals surface area contributed by atoms with Crippen LogP contribution in [0.15, 0.2) is 41.2 Å². The lowest BCUT2D eigenvalue weighted by Crippen LogP contribution is -2.32. The molecule has 1 atom stereocenters. The van der Waals surface area contributed by atoms with Crippen molar-refractivity contribution in [2.45, 2.75) is 26.3 Å². The summed E-state index contributed by atoms with van der Waals surface area (Å²) in [5.74, 6) is -1.09. The summed E-state index contributed by atoms with van der Waals surface area (Å²) in [4.78, 5) is 23.9. The molecule has 0 saturated heterocycles. The number of aliphatic carboxylic acids is 1. The largest absolute Gasteiger partial charge is 0.480 e. The summed E-state index contributed by atoms with van der Waals surface area (Å²) < 4.78 is 1.20. The van der Waals surface area contributed by atoms with Gasteiger partial charge < -0.3 is 5.11 Å². The number of carboxylic acids is 1. The molecule has 0 aliphatic heterocycles. The summed E-state index contributed by atoms with van der Waals surface area (Å²) in [6, 6.07) is 11.3. The Bertz CT molecular complexity index is 798. The second-order valence-electron chi connectivity index (χ2n) is 5.05. The third-order valence-electron chi connectivity index (χ3n) is 3.57. The number of rotatable bonds is 4. The molecule has 5 nitrogen and oxygen atoms in total. The molecule has 0 aliphatic rings. The van der Waals surface area contributed by atoms with Gasteiger partial charge in [-0.3, -0.25) is 9.36 Å². The van der Waals surface area contributed by atoms with Crippen molar-refractivity contribution in [3.8, 4) is 17.3 Å². The van der Waals surface area contributed by atoms with Crippen LogP contribution in [0.3, 0.4) is 0 Å². The van der Waals surface area contributed by atoms with Crippen molar-refractivity contribution >= 4 is 5.97 Å². The highest BCUT2D eigenvalue weighted by molar-refractivity contribution is 5.74. The van der Waals surface area contributed by atoms with Crippen molar-refractivity contribution in [3.05, 3.63) is 57.9 Å². The maximum Gasteiger partial charge on any atom is 0.326 e. The quantitative estimate of drug-likeness (QED) is 0.940. The molecule has 5 heteroatoms. The Morgan fingerprint density at radius 3 is 2.41 bits per heavy atom. The highest BCUT2D eigenvalue weighted by atomic mass is 16.4. The zero-order chi connectivity index (χ0) is 16.3. The van der Waals surface area contributed by atoms with Crippen LogP contribution in [0.1, 0.15) is 30.5 Å².